The van der Waals surface area contributed by atoms with E-state index in [2.05, 4.69) is 47.1 Å². The molecule has 0 saturated carbocycles. The van der Waals surface area contributed by atoms with Crippen molar-refractivity contribution in [2.24, 2.45) is 0 Å². The van der Waals surface area contributed by atoms with Crippen molar-refractivity contribution in [2.75, 3.05) is 13.1 Å². The Morgan fingerprint density at radius 2 is 1.77 bits per heavy atom. The molecule has 0 amide bonds. The first kappa shape index (κ1) is 8.48. The van der Waals surface area contributed by atoms with Crippen LogP contribution < -0.4 is 10.6 Å². The van der Waals surface area contributed by atoms with Gasteiger partial charge in [-0.2, -0.15) is 0 Å². The van der Waals surface area contributed by atoms with Gasteiger partial charge in [0.25, 0.3) is 0 Å². The van der Waals surface area contributed by atoms with E-state index in [1.165, 1.54) is 5.56 Å². The van der Waals surface area contributed by atoms with Gasteiger partial charge in [0.2, 0.25) is 0 Å². The average Bonchev–Trinajstić information content (AvgIpc) is 2.69. The lowest BCUT2D eigenvalue weighted by molar-refractivity contribution is 0.668. The van der Waals surface area contributed by atoms with Crippen molar-refractivity contribution in [2.45, 2.75) is 6.17 Å². The van der Waals surface area contributed by atoms with Crippen LogP contribution in [0.15, 0.2) is 36.4 Å². The van der Waals surface area contributed by atoms with Crippen molar-refractivity contribution in [3.63, 3.8) is 0 Å². The first-order chi connectivity index (χ1) is 6.45. The maximum atomic E-state index is 3.33. The molecule has 0 radical (unpaired) electrons. The Morgan fingerprint density at radius 3 is 2.46 bits per heavy atom. The zero-order valence-corrected chi connectivity index (χ0v) is 7.53. The minimum Gasteiger partial charge on any atom is -0.297 e. The lowest BCUT2D eigenvalue weighted by Crippen LogP contribution is -2.28. The second-order valence-electron chi connectivity index (χ2n) is 3.16. The van der Waals surface area contributed by atoms with Crippen LogP contribution in [0.1, 0.15) is 5.56 Å². The Hall–Kier alpha value is -1.12. The van der Waals surface area contributed by atoms with Crippen molar-refractivity contribution >= 4 is 6.08 Å². The summed E-state index contributed by atoms with van der Waals surface area (Å²) in [5.41, 5.74) is 1.25. The highest BCUT2D eigenvalue weighted by molar-refractivity contribution is 5.49. The lowest BCUT2D eigenvalue weighted by Gasteiger charge is -2.02. The van der Waals surface area contributed by atoms with Crippen molar-refractivity contribution < 1.29 is 0 Å². The van der Waals surface area contributed by atoms with E-state index in [-0.39, 0.29) is 0 Å². The van der Waals surface area contributed by atoms with Gasteiger partial charge in [-0.3, -0.25) is 10.6 Å². The smallest absolute Gasteiger partial charge is 0.0768 e. The standard InChI is InChI=1S/C11H14N2/c1-2-4-10(5-3-1)6-7-11-12-8-9-13-11/h1-7,11-13H,8-9H2. The summed E-state index contributed by atoms with van der Waals surface area (Å²) in [7, 11) is 0. The molecular formula is C11H14N2. The van der Waals surface area contributed by atoms with Crippen LogP contribution in [-0.4, -0.2) is 19.3 Å². The molecule has 13 heavy (non-hydrogen) atoms. The molecule has 1 aliphatic heterocycles. The van der Waals surface area contributed by atoms with E-state index >= 15 is 0 Å². The van der Waals surface area contributed by atoms with Gasteiger partial charge in [-0.25, -0.2) is 0 Å². The van der Waals surface area contributed by atoms with Gasteiger partial charge in [0.15, 0.2) is 0 Å². The predicted molar refractivity (Wildman–Crippen MR) is 55.3 cm³/mol. The van der Waals surface area contributed by atoms with E-state index in [9.17, 15) is 0 Å². The van der Waals surface area contributed by atoms with Gasteiger partial charge in [0.1, 0.15) is 0 Å². The maximum absolute atomic E-state index is 3.33. The minimum absolute atomic E-state index is 0.347. The molecule has 0 bridgehead atoms. The van der Waals surface area contributed by atoms with Crippen LogP contribution in [-0.2, 0) is 0 Å². The summed E-state index contributed by atoms with van der Waals surface area (Å²) in [6.45, 7) is 2.12. The Bertz CT molecular complexity index is 273. The summed E-state index contributed by atoms with van der Waals surface area (Å²) >= 11 is 0. The van der Waals surface area contributed by atoms with Crippen LogP contribution in [0.2, 0.25) is 0 Å². The van der Waals surface area contributed by atoms with E-state index in [0.29, 0.717) is 6.17 Å². The van der Waals surface area contributed by atoms with Gasteiger partial charge in [0.05, 0.1) is 6.17 Å². The zero-order valence-electron chi connectivity index (χ0n) is 7.53. The predicted octanol–water partition coefficient (Wildman–Crippen LogP) is 1.22. The zero-order chi connectivity index (χ0) is 8.93. The van der Waals surface area contributed by atoms with Crippen molar-refractivity contribution in [3.05, 3.63) is 42.0 Å². The molecule has 1 aromatic rings. The molecule has 1 heterocycles. The molecule has 1 fully saturated rings. The van der Waals surface area contributed by atoms with E-state index in [4.69, 9.17) is 0 Å². The number of rotatable bonds is 2. The van der Waals surface area contributed by atoms with Crippen LogP contribution in [0, 0.1) is 0 Å². The number of nitrogens with one attached hydrogen (secondary N) is 2. The summed E-state index contributed by atoms with van der Waals surface area (Å²) in [5.74, 6) is 0. The van der Waals surface area contributed by atoms with E-state index in [1.54, 1.807) is 0 Å². The van der Waals surface area contributed by atoms with Gasteiger partial charge in [-0.1, -0.05) is 42.5 Å². The summed E-state index contributed by atoms with van der Waals surface area (Å²) in [6.07, 6.45) is 4.64. The minimum atomic E-state index is 0.347. The molecule has 0 aromatic heterocycles. The van der Waals surface area contributed by atoms with Crippen molar-refractivity contribution in [1.82, 2.24) is 10.6 Å². The van der Waals surface area contributed by atoms with Crippen LogP contribution in [0.3, 0.4) is 0 Å². The summed E-state index contributed by atoms with van der Waals surface area (Å²) in [5, 5.41) is 6.66. The normalized spacial score (nSPS) is 18.5. The molecule has 0 atom stereocenters. The van der Waals surface area contributed by atoms with Crippen molar-refractivity contribution in [1.29, 1.82) is 0 Å². The fourth-order valence-electron chi connectivity index (χ4n) is 1.44. The summed E-state index contributed by atoms with van der Waals surface area (Å²) in [6, 6.07) is 10.3. The third kappa shape index (κ3) is 2.41. The monoisotopic (exact) mass is 174 g/mol. The molecule has 2 rings (SSSR count). The van der Waals surface area contributed by atoms with Gasteiger partial charge in [-0.05, 0) is 5.56 Å². The molecule has 0 unspecified atom stereocenters. The molecule has 0 aliphatic carbocycles. The number of hydrogen-bond acceptors (Lipinski definition) is 2. The Morgan fingerprint density at radius 1 is 1.08 bits per heavy atom. The fraction of sp³-hybridized carbons (Fsp3) is 0.273. The van der Waals surface area contributed by atoms with Crippen LogP contribution >= 0.6 is 0 Å². The molecule has 2 N–H and O–H groups in total. The highest BCUT2D eigenvalue weighted by Crippen LogP contribution is 2.01. The molecule has 2 nitrogen and oxygen atoms in total. The van der Waals surface area contributed by atoms with Gasteiger partial charge < -0.3 is 0 Å². The number of benzene rings is 1. The van der Waals surface area contributed by atoms with Crippen molar-refractivity contribution in [3.8, 4) is 0 Å². The quantitative estimate of drug-likeness (QED) is 0.704. The molecule has 2 heteroatoms. The largest absolute Gasteiger partial charge is 0.297 e. The van der Waals surface area contributed by atoms with E-state index in [1.807, 2.05) is 6.07 Å². The Balaban J connectivity index is 1.97. The number of hydrogen-bond donors (Lipinski definition) is 2. The van der Waals surface area contributed by atoms with E-state index < -0.39 is 0 Å². The lowest BCUT2D eigenvalue weighted by atomic mass is 10.2. The fourth-order valence-corrected chi connectivity index (χ4v) is 1.44. The molecule has 1 aliphatic rings. The second kappa shape index (κ2) is 4.21. The molecule has 0 spiro atoms. The second-order valence-corrected chi connectivity index (χ2v) is 3.16. The third-order valence-electron chi connectivity index (χ3n) is 2.13. The van der Waals surface area contributed by atoms with Crippen LogP contribution in [0.5, 0.6) is 0 Å². The van der Waals surface area contributed by atoms with Crippen LogP contribution in [0.4, 0.5) is 0 Å². The SMILES string of the molecule is C(=CC1NCCN1)c1ccccc1. The highest BCUT2D eigenvalue weighted by atomic mass is 15.2. The summed E-state index contributed by atoms with van der Waals surface area (Å²) in [4.78, 5) is 0. The van der Waals surface area contributed by atoms with Crippen LogP contribution in [0.25, 0.3) is 6.08 Å². The Kier molecular flexibility index (Phi) is 2.75. The highest BCUT2D eigenvalue weighted by Gasteiger charge is 2.07. The maximum Gasteiger partial charge on any atom is 0.0768 e. The van der Waals surface area contributed by atoms with Gasteiger partial charge in [-0.15, -0.1) is 0 Å². The Labute approximate surface area is 78.7 Å². The molecule has 68 valence electrons. The molecule has 1 saturated heterocycles. The van der Waals surface area contributed by atoms with Gasteiger partial charge >= 0.3 is 0 Å². The molecular weight excluding hydrogens is 160 g/mol. The first-order valence-corrected chi connectivity index (χ1v) is 4.65. The topological polar surface area (TPSA) is 24.1 Å². The average molecular weight is 174 g/mol. The van der Waals surface area contributed by atoms with Gasteiger partial charge in [0, 0.05) is 13.1 Å². The first-order valence-electron chi connectivity index (χ1n) is 4.65. The third-order valence-corrected chi connectivity index (χ3v) is 2.13. The van der Waals surface area contributed by atoms with E-state index in [0.717, 1.165) is 13.1 Å². The summed E-state index contributed by atoms with van der Waals surface area (Å²) < 4.78 is 0. The molecule has 1 aromatic carbocycles.